The number of nitrogens with one attached hydrogen (secondary N) is 3. The molecule has 0 saturated carbocycles. The lowest BCUT2D eigenvalue weighted by Crippen LogP contribution is -2.58. The minimum absolute atomic E-state index is 0.0166. The molecular weight excluding hydrogens is 368 g/mol. The molecule has 3 N–H and O–H groups in total. The van der Waals surface area contributed by atoms with E-state index in [1.165, 1.54) is 10.4 Å². The van der Waals surface area contributed by atoms with Gasteiger partial charge < -0.3 is 20.7 Å². The molecule has 2 unspecified atom stereocenters. The smallest absolute Gasteiger partial charge is 0.191 e. The van der Waals surface area contributed by atoms with Gasteiger partial charge in [-0.3, -0.25) is 4.99 Å². The molecule has 1 aliphatic rings. The third kappa shape index (κ3) is 5.56. The normalized spacial score (nSPS) is 19.0. The van der Waals surface area contributed by atoms with Crippen molar-refractivity contribution in [2.45, 2.75) is 44.3 Å². The minimum Gasteiger partial charge on any atom is -0.381 e. The number of guanidine groups is 1. The van der Waals surface area contributed by atoms with E-state index < -0.39 is 0 Å². The zero-order chi connectivity index (χ0) is 19.8. The number of nitrogens with zero attached hydrogens (tertiary/aromatic N) is 1. The lowest BCUT2D eigenvalue weighted by atomic mass is 9.88. The fourth-order valence-electron chi connectivity index (χ4n) is 3.68. The average molecular weight is 401 g/mol. The number of hydrogen-bond donors (Lipinski definition) is 3. The molecule has 2 aromatic rings. The van der Waals surface area contributed by atoms with Gasteiger partial charge in [0.2, 0.25) is 0 Å². The Labute approximate surface area is 172 Å². The standard InChI is InChI=1S/C22H32N4OS/c1-17(19-8-5-4-6-9-19)26-22(11-13-27-14-12-22)16-24-21(23-3)25-18(2)20-10-7-15-28-20/h4-10,15,17-18,26H,11-14,16H2,1-3H3,(H2,23,24,25). The molecule has 1 aliphatic heterocycles. The van der Waals surface area contributed by atoms with Crippen molar-refractivity contribution in [2.24, 2.45) is 4.99 Å². The van der Waals surface area contributed by atoms with E-state index in [-0.39, 0.29) is 17.6 Å². The molecule has 0 radical (unpaired) electrons. The summed E-state index contributed by atoms with van der Waals surface area (Å²) in [5.74, 6) is 0.834. The van der Waals surface area contributed by atoms with Crippen molar-refractivity contribution in [3.05, 3.63) is 58.3 Å². The molecule has 6 heteroatoms. The summed E-state index contributed by atoms with van der Waals surface area (Å²) in [6.07, 6.45) is 1.96. The maximum Gasteiger partial charge on any atom is 0.191 e. The van der Waals surface area contributed by atoms with E-state index in [4.69, 9.17) is 4.74 Å². The third-order valence-electron chi connectivity index (χ3n) is 5.41. The number of thiophene rings is 1. The Morgan fingerprint density at radius 1 is 1.11 bits per heavy atom. The second kappa shape index (κ2) is 10.0. The van der Waals surface area contributed by atoms with Crippen LogP contribution in [0, 0.1) is 0 Å². The summed E-state index contributed by atoms with van der Waals surface area (Å²) in [4.78, 5) is 5.74. The molecule has 3 rings (SSSR count). The number of aliphatic imine (C=N–C) groups is 1. The molecule has 0 amide bonds. The van der Waals surface area contributed by atoms with Crippen LogP contribution in [0.1, 0.15) is 49.2 Å². The van der Waals surface area contributed by atoms with E-state index >= 15 is 0 Å². The fourth-order valence-corrected chi connectivity index (χ4v) is 4.41. The highest BCUT2D eigenvalue weighted by Crippen LogP contribution is 2.25. The molecule has 0 aliphatic carbocycles. The Balaban J connectivity index is 1.63. The van der Waals surface area contributed by atoms with Crippen LogP contribution in [0.3, 0.4) is 0 Å². The first-order valence-electron chi connectivity index (χ1n) is 10.0. The second-order valence-electron chi connectivity index (χ2n) is 7.48. The van der Waals surface area contributed by atoms with Gasteiger partial charge in [0.1, 0.15) is 0 Å². The van der Waals surface area contributed by atoms with Gasteiger partial charge in [0.15, 0.2) is 5.96 Å². The van der Waals surface area contributed by atoms with Gasteiger partial charge in [-0.25, -0.2) is 0 Å². The van der Waals surface area contributed by atoms with E-state index in [0.717, 1.165) is 38.6 Å². The Kier molecular flexibility index (Phi) is 7.48. The van der Waals surface area contributed by atoms with E-state index in [1.54, 1.807) is 11.3 Å². The van der Waals surface area contributed by atoms with Gasteiger partial charge in [0, 0.05) is 43.3 Å². The van der Waals surface area contributed by atoms with Gasteiger partial charge in [0.05, 0.1) is 6.04 Å². The lowest BCUT2D eigenvalue weighted by Gasteiger charge is -2.41. The highest BCUT2D eigenvalue weighted by atomic mass is 32.1. The molecule has 1 saturated heterocycles. The summed E-state index contributed by atoms with van der Waals surface area (Å²) in [7, 11) is 1.83. The van der Waals surface area contributed by atoms with E-state index in [1.807, 2.05) is 7.05 Å². The van der Waals surface area contributed by atoms with Gasteiger partial charge in [-0.15, -0.1) is 11.3 Å². The van der Waals surface area contributed by atoms with Crippen LogP contribution in [-0.2, 0) is 4.74 Å². The van der Waals surface area contributed by atoms with Gasteiger partial charge in [-0.2, -0.15) is 0 Å². The van der Waals surface area contributed by atoms with Crippen molar-refractivity contribution in [1.82, 2.24) is 16.0 Å². The van der Waals surface area contributed by atoms with Crippen LogP contribution in [0.2, 0.25) is 0 Å². The van der Waals surface area contributed by atoms with E-state index in [9.17, 15) is 0 Å². The summed E-state index contributed by atoms with van der Waals surface area (Å²) in [6, 6.07) is 15.4. The van der Waals surface area contributed by atoms with Gasteiger partial charge in [0.25, 0.3) is 0 Å². The molecule has 0 spiro atoms. The summed E-state index contributed by atoms with van der Waals surface area (Å²) < 4.78 is 5.65. The van der Waals surface area contributed by atoms with Crippen LogP contribution in [-0.4, -0.2) is 38.3 Å². The van der Waals surface area contributed by atoms with Crippen molar-refractivity contribution in [2.75, 3.05) is 26.8 Å². The lowest BCUT2D eigenvalue weighted by molar-refractivity contribution is 0.0354. The van der Waals surface area contributed by atoms with Crippen LogP contribution in [0.25, 0.3) is 0 Å². The SMILES string of the molecule is CN=C(NCC1(NC(C)c2ccccc2)CCOCC1)NC(C)c1cccs1. The fraction of sp³-hybridized carbons (Fsp3) is 0.500. The molecular formula is C22H32N4OS. The van der Waals surface area contributed by atoms with Gasteiger partial charge >= 0.3 is 0 Å². The number of hydrogen-bond acceptors (Lipinski definition) is 4. The Morgan fingerprint density at radius 3 is 2.50 bits per heavy atom. The van der Waals surface area contributed by atoms with Crippen LogP contribution < -0.4 is 16.0 Å². The number of rotatable bonds is 7. The summed E-state index contributed by atoms with van der Waals surface area (Å²) in [5.41, 5.74) is 1.29. The Bertz CT molecular complexity index is 726. The van der Waals surface area contributed by atoms with Crippen molar-refractivity contribution in [3.63, 3.8) is 0 Å². The summed E-state index contributed by atoms with van der Waals surface area (Å²) in [6.45, 7) is 6.78. The van der Waals surface area contributed by atoms with Crippen molar-refractivity contribution in [3.8, 4) is 0 Å². The summed E-state index contributed by atoms with van der Waals surface area (Å²) in [5, 5.41) is 13.0. The molecule has 1 aromatic heterocycles. The monoisotopic (exact) mass is 400 g/mol. The Morgan fingerprint density at radius 2 is 1.86 bits per heavy atom. The average Bonchev–Trinajstić information content (AvgIpc) is 3.27. The molecule has 5 nitrogen and oxygen atoms in total. The highest BCUT2D eigenvalue weighted by Gasteiger charge is 2.34. The Hall–Kier alpha value is -1.89. The van der Waals surface area contributed by atoms with Crippen LogP contribution in [0.15, 0.2) is 52.8 Å². The molecule has 1 aromatic carbocycles. The minimum atomic E-state index is -0.0166. The van der Waals surface area contributed by atoms with E-state index in [2.05, 4.69) is 82.6 Å². The van der Waals surface area contributed by atoms with Crippen LogP contribution >= 0.6 is 11.3 Å². The van der Waals surface area contributed by atoms with E-state index in [0.29, 0.717) is 0 Å². The maximum absolute atomic E-state index is 5.65. The van der Waals surface area contributed by atoms with Gasteiger partial charge in [-0.1, -0.05) is 36.4 Å². The first-order chi connectivity index (χ1) is 13.6. The molecule has 0 bridgehead atoms. The first-order valence-corrected chi connectivity index (χ1v) is 10.9. The van der Waals surface area contributed by atoms with Crippen LogP contribution in [0.5, 0.6) is 0 Å². The topological polar surface area (TPSA) is 57.7 Å². The predicted molar refractivity (Wildman–Crippen MR) is 118 cm³/mol. The molecule has 28 heavy (non-hydrogen) atoms. The van der Waals surface area contributed by atoms with Crippen molar-refractivity contribution < 1.29 is 4.74 Å². The third-order valence-corrected chi connectivity index (χ3v) is 6.47. The van der Waals surface area contributed by atoms with Crippen LogP contribution in [0.4, 0.5) is 0 Å². The molecule has 1 fully saturated rings. The predicted octanol–water partition coefficient (Wildman–Crippen LogP) is 3.87. The first kappa shape index (κ1) is 20.8. The summed E-state index contributed by atoms with van der Waals surface area (Å²) >= 11 is 1.76. The molecule has 2 heterocycles. The quantitative estimate of drug-likeness (QED) is 0.488. The largest absolute Gasteiger partial charge is 0.381 e. The zero-order valence-electron chi connectivity index (χ0n) is 17.1. The molecule has 2 atom stereocenters. The zero-order valence-corrected chi connectivity index (χ0v) is 17.9. The second-order valence-corrected chi connectivity index (χ2v) is 8.46. The van der Waals surface area contributed by atoms with Crippen molar-refractivity contribution >= 4 is 17.3 Å². The number of benzene rings is 1. The maximum atomic E-state index is 5.65. The van der Waals surface area contributed by atoms with Crippen molar-refractivity contribution in [1.29, 1.82) is 0 Å². The van der Waals surface area contributed by atoms with Gasteiger partial charge in [-0.05, 0) is 43.7 Å². The molecule has 152 valence electrons. The number of ether oxygens (including phenoxy) is 1. The highest BCUT2D eigenvalue weighted by molar-refractivity contribution is 7.10.